The Hall–Kier alpha value is -3.18. The van der Waals surface area contributed by atoms with Crippen molar-refractivity contribution in [2.24, 2.45) is 5.41 Å². The van der Waals surface area contributed by atoms with E-state index in [0.29, 0.717) is 65.0 Å². The van der Waals surface area contributed by atoms with E-state index < -0.39 is 11.4 Å². The summed E-state index contributed by atoms with van der Waals surface area (Å²) in [5.41, 5.74) is -0.592. The largest absolute Gasteiger partial charge is 0.481 e. The molecule has 0 saturated heterocycles. The Morgan fingerprint density at radius 2 is 0.892 bits per heavy atom. The van der Waals surface area contributed by atoms with Crippen molar-refractivity contribution < 1.29 is 52.8 Å². The first-order chi connectivity index (χ1) is 30.9. The zero-order chi connectivity index (χ0) is 48.6. The second-order valence-corrected chi connectivity index (χ2v) is 19.3. The molecule has 16 heteroatoms. The van der Waals surface area contributed by atoms with Crippen molar-refractivity contribution in [2.45, 2.75) is 201 Å². The quantitative estimate of drug-likeness (QED) is 0.0358. The molecule has 0 aromatic carbocycles. The fourth-order valence-corrected chi connectivity index (χ4v) is 6.95. The highest BCUT2D eigenvalue weighted by molar-refractivity contribution is 5.88. The zero-order valence-electron chi connectivity index (χ0n) is 41.8. The van der Waals surface area contributed by atoms with Crippen LogP contribution in [0.3, 0.4) is 0 Å². The van der Waals surface area contributed by atoms with E-state index in [1.807, 2.05) is 27.7 Å². The van der Waals surface area contributed by atoms with E-state index >= 15 is 0 Å². The van der Waals surface area contributed by atoms with Crippen LogP contribution < -0.4 is 26.6 Å². The summed E-state index contributed by atoms with van der Waals surface area (Å²) in [5.74, 6) is -1.04. The maximum atomic E-state index is 12.9. The van der Waals surface area contributed by atoms with Crippen LogP contribution in [-0.4, -0.2) is 131 Å². The van der Waals surface area contributed by atoms with Crippen molar-refractivity contribution in [3.63, 3.8) is 0 Å². The molecular formula is C49H93N5O11. The normalized spacial score (nSPS) is 12.7. The van der Waals surface area contributed by atoms with E-state index in [2.05, 4.69) is 47.4 Å². The number of carbonyl (C=O) groups excluding carboxylic acids is 5. The Kier molecular flexibility index (Phi) is 38.0. The van der Waals surface area contributed by atoms with Crippen LogP contribution in [0.2, 0.25) is 0 Å². The molecule has 65 heavy (non-hydrogen) atoms. The molecule has 0 aliphatic heterocycles. The molecule has 0 aromatic rings. The number of hydrogen-bond donors (Lipinski definition) is 6. The monoisotopic (exact) mass is 928 g/mol. The predicted octanol–water partition coefficient (Wildman–Crippen LogP) is 6.55. The highest BCUT2D eigenvalue weighted by atomic mass is 16.5. The molecule has 16 nitrogen and oxygen atoms in total. The molecule has 380 valence electrons. The van der Waals surface area contributed by atoms with E-state index in [1.165, 1.54) is 51.4 Å². The predicted molar refractivity (Wildman–Crippen MR) is 256 cm³/mol. The lowest BCUT2D eigenvalue weighted by molar-refractivity contribution is -0.137. The van der Waals surface area contributed by atoms with Crippen molar-refractivity contribution in [3.05, 3.63) is 0 Å². The lowest BCUT2D eigenvalue weighted by atomic mass is 9.84. The summed E-state index contributed by atoms with van der Waals surface area (Å²) in [6, 6.07) is -0.301. The molecule has 0 fully saturated rings. The van der Waals surface area contributed by atoms with Gasteiger partial charge in [0.05, 0.1) is 45.7 Å². The number of aliphatic carboxylic acids is 1. The lowest BCUT2D eigenvalue weighted by Gasteiger charge is -2.31. The molecule has 4 amide bonds. The van der Waals surface area contributed by atoms with Gasteiger partial charge in [-0.25, -0.2) is 0 Å². The fraction of sp³-hybridized carbons (Fsp3) is 0.878. The van der Waals surface area contributed by atoms with Gasteiger partial charge in [-0.3, -0.25) is 28.8 Å². The lowest BCUT2D eigenvalue weighted by Crippen LogP contribution is -2.50. The molecule has 0 aliphatic carbocycles. The number of Topliss-reactive ketones (excluding diaryl/α,β-unsaturated/α-hetero) is 1. The summed E-state index contributed by atoms with van der Waals surface area (Å²) in [4.78, 5) is 72.0. The molecule has 0 aliphatic rings. The molecule has 0 saturated carbocycles. The summed E-state index contributed by atoms with van der Waals surface area (Å²) in [5, 5.41) is 23.5. The van der Waals surface area contributed by atoms with Gasteiger partial charge in [-0.2, -0.15) is 0 Å². The molecule has 0 spiro atoms. The summed E-state index contributed by atoms with van der Waals surface area (Å²) in [6.45, 7) is 16.5. The Balaban J connectivity index is 3.60. The smallest absolute Gasteiger partial charge is 0.303 e. The number of carboxylic acids is 1. The SMILES string of the molecule is C[C@H](CCC(=O)NCCOCCOCC(=O)NCCOCCOCC(=O)NCCCC[C@H](NC(C)(C)C)C(=O)C(C)(C)C)NC(=O)CCCCCCCCCCCCCCCCC(=O)O. The van der Waals surface area contributed by atoms with Gasteiger partial charge in [-0.15, -0.1) is 0 Å². The molecule has 0 rings (SSSR count). The number of rotatable bonds is 44. The standard InChI is InChI=1S/C49H93N5O11/c1-40(53-43(56)25-20-18-16-14-12-10-8-9-11-13-15-17-19-21-26-46(59)60)27-28-42(55)51-30-32-62-34-37-65-39-45(58)52-31-33-63-35-36-64-38-44(57)50-29-23-22-24-41(54-49(5,6)7)47(61)48(2,3)4/h40-41,54H,8-39H2,1-7H3,(H,50,57)(H,51,55)(H,52,58)(H,53,56)(H,59,60)/t40-,41+/m1/s1. The fourth-order valence-electron chi connectivity index (χ4n) is 6.95. The molecule has 2 atom stereocenters. The second kappa shape index (κ2) is 39.9. The van der Waals surface area contributed by atoms with Crippen molar-refractivity contribution in [3.8, 4) is 0 Å². The molecule has 6 N–H and O–H groups in total. The van der Waals surface area contributed by atoms with Crippen LogP contribution >= 0.6 is 0 Å². The third-order valence-electron chi connectivity index (χ3n) is 10.5. The highest BCUT2D eigenvalue weighted by Gasteiger charge is 2.31. The average Bonchev–Trinajstić information content (AvgIpc) is 3.22. The molecule has 0 heterocycles. The van der Waals surface area contributed by atoms with Crippen LogP contribution in [0.1, 0.15) is 183 Å². The van der Waals surface area contributed by atoms with Gasteiger partial charge in [0.2, 0.25) is 23.6 Å². The molecule has 0 aromatic heterocycles. The first-order valence-corrected chi connectivity index (χ1v) is 24.8. The third-order valence-corrected chi connectivity index (χ3v) is 10.5. The topological polar surface area (TPSA) is 220 Å². The summed E-state index contributed by atoms with van der Waals surface area (Å²) in [6.07, 6.45) is 20.0. The summed E-state index contributed by atoms with van der Waals surface area (Å²) in [7, 11) is 0. The van der Waals surface area contributed by atoms with Crippen LogP contribution in [0.25, 0.3) is 0 Å². The minimum atomic E-state index is -0.696. The van der Waals surface area contributed by atoms with Gasteiger partial charge in [-0.05, 0) is 66.2 Å². The first kappa shape index (κ1) is 61.8. The summed E-state index contributed by atoms with van der Waals surface area (Å²) < 4.78 is 21.6. The van der Waals surface area contributed by atoms with Crippen molar-refractivity contribution in [1.29, 1.82) is 0 Å². The van der Waals surface area contributed by atoms with Crippen molar-refractivity contribution in [1.82, 2.24) is 26.6 Å². The zero-order valence-corrected chi connectivity index (χ0v) is 41.8. The number of hydrogen-bond acceptors (Lipinski definition) is 11. The minimum Gasteiger partial charge on any atom is -0.481 e. The van der Waals surface area contributed by atoms with Crippen LogP contribution in [0, 0.1) is 5.41 Å². The van der Waals surface area contributed by atoms with Crippen LogP contribution in [0.15, 0.2) is 0 Å². The molecule has 0 radical (unpaired) electrons. The maximum absolute atomic E-state index is 12.9. The Labute approximate surface area is 392 Å². The molecular weight excluding hydrogens is 835 g/mol. The van der Waals surface area contributed by atoms with Gasteiger partial charge in [0.15, 0.2) is 5.78 Å². The van der Waals surface area contributed by atoms with Crippen LogP contribution in [0.4, 0.5) is 0 Å². The van der Waals surface area contributed by atoms with Gasteiger partial charge < -0.3 is 50.6 Å². The molecule has 0 unspecified atom stereocenters. The van der Waals surface area contributed by atoms with Gasteiger partial charge in [0.25, 0.3) is 0 Å². The Bertz CT molecular complexity index is 1270. The number of unbranched alkanes of at least 4 members (excludes halogenated alkanes) is 14. The number of carbonyl (C=O) groups is 6. The highest BCUT2D eigenvalue weighted by Crippen LogP contribution is 2.21. The first-order valence-electron chi connectivity index (χ1n) is 24.8. The second-order valence-electron chi connectivity index (χ2n) is 19.3. The Morgan fingerprint density at radius 1 is 0.462 bits per heavy atom. The van der Waals surface area contributed by atoms with Gasteiger partial charge in [-0.1, -0.05) is 97.8 Å². The molecule has 0 bridgehead atoms. The number of amides is 4. The van der Waals surface area contributed by atoms with E-state index in [9.17, 15) is 28.8 Å². The van der Waals surface area contributed by atoms with Crippen LogP contribution in [0.5, 0.6) is 0 Å². The number of ketones is 1. The van der Waals surface area contributed by atoms with E-state index in [1.54, 1.807) is 0 Å². The van der Waals surface area contributed by atoms with Gasteiger partial charge in [0.1, 0.15) is 13.2 Å². The number of nitrogens with one attached hydrogen (secondary N) is 5. The number of carboxylic acid groups (broad SMARTS) is 1. The van der Waals surface area contributed by atoms with Crippen molar-refractivity contribution >= 4 is 35.4 Å². The van der Waals surface area contributed by atoms with E-state index in [0.717, 1.165) is 51.4 Å². The van der Waals surface area contributed by atoms with E-state index in [4.69, 9.17) is 24.1 Å². The van der Waals surface area contributed by atoms with Gasteiger partial charge >= 0.3 is 5.97 Å². The summed E-state index contributed by atoms with van der Waals surface area (Å²) >= 11 is 0. The van der Waals surface area contributed by atoms with Crippen molar-refractivity contribution in [2.75, 3.05) is 72.5 Å². The number of ether oxygens (including phenoxy) is 4. The van der Waals surface area contributed by atoms with E-state index in [-0.39, 0.29) is 86.7 Å². The Morgan fingerprint density at radius 3 is 1.35 bits per heavy atom. The third kappa shape index (κ3) is 43.2. The maximum Gasteiger partial charge on any atom is 0.303 e. The van der Waals surface area contributed by atoms with Crippen LogP contribution in [-0.2, 0) is 47.7 Å². The van der Waals surface area contributed by atoms with Gasteiger partial charge in [0, 0.05) is 55.9 Å². The average molecular weight is 928 g/mol. The minimum absolute atomic E-state index is 0.0360.